The van der Waals surface area contributed by atoms with Crippen molar-refractivity contribution in [1.29, 1.82) is 0 Å². The van der Waals surface area contributed by atoms with Gasteiger partial charge in [-0.15, -0.1) is 0 Å². The van der Waals surface area contributed by atoms with Crippen LogP contribution in [0.5, 0.6) is 0 Å². The van der Waals surface area contributed by atoms with Crippen molar-refractivity contribution in [3.63, 3.8) is 0 Å². The number of piperazine rings is 1. The zero-order valence-corrected chi connectivity index (χ0v) is 12.1. The van der Waals surface area contributed by atoms with E-state index in [1.54, 1.807) is 0 Å². The Bertz CT molecular complexity index is 695. The van der Waals surface area contributed by atoms with Gasteiger partial charge >= 0.3 is 5.76 Å². The molecule has 1 aliphatic rings. The van der Waals surface area contributed by atoms with Crippen molar-refractivity contribution < 1.29 is 9.21 Å². The van der Waals surface area contributed by atoms with E-state index in [2.05, 4.69) is 9.88 Å². The molecule has 1 amide bonds. The number of oxazole rings is 1. The molecule has 1 aromatic carbocycles. The molecule has 2 heterocycles. The van der Waals surface area contributed by atoms with E-state index in [0.717, 1.165) is 38.3 Å². The number of anilines is 1. The number of aromatic nitrogens is 1. The van der Waals surface area contributed by atoms with Gasteiger partial charge in [-0.3, -0.25) is 9.78 Å². The minimum Gasteiger partial charge on any atom is -0.408 e. The summed E-state index contributed by atoms with van der Waals surface area (Å²) in [6.45, 7) is 5.11. The van der Waals surface area contributed by atoms with Crippen LogP contribution >= 0.6 is 0 Å². The van der Waals surface area contributed by atoms with Gasteiger partial charge in [-0.1, -0.05) is 6.92 Å². The zero-order valence-electron chi connectivity index (χ0n) is 12.1. The summed E-state index contributed by atoms with van der Waals surface area (Å²) in [6.07, 6.45) is 1.52. The van der Waals surface area contributed by atoms with E-state index in [1.807, 2.05) is 30.0 Å². The first-order valence-corrected chi connectivity index (χ1v) is 7.33. The second-order valence-electron chi connectivity index (χ2n) is 5.31. The van der Waals surface area contributed by atoms with Gasteiger partial charge in [0.05, 0.1) is 5.52 Å². The molecule has 112 valence electrons. The summed E-state index contributed by atoms with van der Waals surface area (Å²) in [6, 6.07) is 5.69. The molecule has 2 aromatic rings. The lowest BCUT2D eigenvalue weighted by molar-refractivity contribution is -0.131. The van der Waals surface area contributed by atoms with Crippen molar-refractivity contribution in [2.45, 2.75) is 19.8 Å². The molecule has 0 bridgehead atoms. The summed E-state index contributed by atoms with van der Waals surface area (Å²) in [5, 5.41) is 0. The molecule has 0 radical (unpaired) electrons. The van der Waals surface area contributed by atoms with E-state index in [1.165, 1.54) is 0 Å². The van der Waals surface area contributed by atoms with Gasteiger partial charge in [0.25, 0.3) is 0 Å². The fraction of sp³-hybridized carbons (Fsp3) is 0.467. The summed E-state index contributed by atoms with van der Waals surface area (Å²) in [4.78, 5) is 29.8. The molecule has 1 fully saturated rings. The Morgan fingerprint density at radius 1 is 1.29 bits per heavy atom. The van der Waals surface area contributed by atoms with Crippen molar-refractivity contribution in [1.82, 2.24) is 9.88 Å². The van der Waals surface area contributed by atoms with E-state index in [4.69, 9.17) is 4.42 Å². The Labute approximate surface area is 122 Å². The lowest BCUT2D eigenvalue weighted by Crippen LogP contribution is -2.48. The van der Waals surface area contributed by atoms with Crippen molar-refractivity contribution in [2.24, 2.45) is 0 Å². The van der Waals surface area contributed by atoms with Gasteiger partial charge in [0.1, 0.15) is 0 Å². The Morgan fingerprint density at radius 3 is 2.76 bits per heavy atom. The van der Waals surface area contributed by atoms with Crippen molar-refractivity contribution in [3.8, 4) is 0 Å². The highest BCUT2D eigenvalue weighted by molar-refractivity contribution is 5.78. The Morgan fingerprint density at radius 2 is 2.05 bits per heavy atom. The lowest BCUT2D eigenvalue weighted by atomic mass is 10.2. The minimum absolute atomic E-state index is 0.240. The van der Waals surface area contributed by atoms with Crippen LogP contribution in [0.15, 0.2) is 27.4 Å². The number of aromatic amines is 1. The summed E-state index contributed by atoms with van der Waals surface area (Å²) < 4.78 is 5.09. The summed E-state index contributed by atoms with van der Waals surface area (Å²) >= 11 is 0. The molecule has 1 aromatic heterocycles. The average Bonchev–Trinajstić information content (AvgIpc) is 2.86. The maximum absolute atomic E-state index is 11.9. The number of benzene rings is 1. The molecule has 6 nitrogen and oxygen atoms in total. The number of H-pyrrole nitrogens is 1. The number of hydrogen-bond acceptors (Lipinski definition) is 4. The molecule has 0 atom stereocenters. The number of fused-ring (bicyclic) bond motifs is 1. The van der Waals surface area contributed by atoms with Crippen LogP contribution in [0.1, 0.15) is 19.8 Å². The van der Waals surface area contributed by atoms with Gasteiger partial charge < -0.3 is 14.2 Å². The van der Waals surface area contributed by atoms with E-state index < -0.39 is 5.76 Å². The first-order valence-electron chi connectivity index (χ1n) is 7.33. The number of nitrogens with one attached hydrogen (secondary N) is 1. The fourth-order valence-corrected chi connectivity index (χ4v) is 2.72. The topological polar surface area (TPSA) is 69.6 Å². The molecule has 0 unspecified atom stereocenters. The highest BCUT2D eigenvalue weighted by Crippen LogP contribution is 2.21. The molecule has 1 aliphatic heterocycles. The predicted octanol–water partition coefficient (Wildman–Crippen LogP) is 1.57. The zero-order chi connectivity index (χ0) is 14.8. The van der Waals surface area contributed by atoms with Gasteiger partial charge in [-0.2, -0.15) is 0 Å². The van der Waals surface area contributed by atoms with Crippen molar-refractivity contribution in [2.75, 3.05) is 31.1 Å². The molecule has 0 saturated carbocycles. The molecule has 21 heavy (non-hydrogen) atoms. The third-order valence-electron chi connectivity index (χ3n) is 3.87. The first-order chi connectivity index (χ1) is 10.2. The summed E-state index contributed by atoms with van der Waals surface area (Å²) in [5.74, 6) is -0.193. The van der Waals surface area contributed by atoms with Crippen LogP contribution in [-0.2, 0) is 4.79 Å². The molecule has 0 spiro atoms. The second-order valence-corrected chi connectivity index (χ2v) is 5.31. The van der Waals surface area contributed by atoms with E-state index in [9.17, 15) is 9.59 Å². The second kappa shape index (κ2) is 5.63. The fourth-order valence-electron chi connectivity index (χ4n) is 2.72. The number of carbonyl (C=O) groups excluding carboxylic acids is 1. The highest BCUT2D eigenvalue weighted by Gasteiger charge is 2.21. The quantitative estimate of drug-likeness (QED) is 0.931. The lowest BCUT2D eigenvalue weighted by Gasteiger charge is -2.36. The van der Waals surface area contributed by atoms with Gasteiger partial charge in [0.2, 0.25) is 5.91 Å². The standard InChI is InChI=1S/C15H19N3O3/c1-2-3-14(19)18-8-6-17(7-9-18)11-4-5-12-13(10-11)21-15(20)16-12/h4-5,10H,2-3,6-9H2,1H3,(H,16,20). The van der Waals surface area contributed by atoms with Crippen LogP contribution in [-0.4, -0.2) is 42.0 Å². The third-order valence-corrected chi connectivity index (χ3v) is 3.87. The molecule has 3 rings (SSSR count). The van der Waals surface area contributed by atoms with Gasteiger partial charge in [0, 0.05) is 44.4 Å². The molecular formula is C15H19N3O3. The van der Waals surface area contributed by atoms with Gasteiger partial charge in [0.15, 0.2) is 5.58 Å². The first kappa shape index (κ1) is 13.7. The Balaban J connectivity index is 1.70. The average molecular weight is 289 g/mol. The molecule has 1 N–H and O–H groups in total. The summed E-state index contributed by atoms with van der Waals surface area (Å²) in [7, 11) is 0. The number of hydrogen-bond donors (Lipinski definition) is 1. The third kappa shape index (κ3) is 2.79. The highest BCUT2D eigenvalue weighted by atomic mass is 16.4. The molecule has 6 heteroatoms. The van der Waals surface area contributed by atoms with Crippen LogP contribution in [0.4, 0.5) is 5.69 Å². The van der Waals surface area contributed by atoms with Crippen LogP contribution < -0.4 is 10.7 Å². The maximum atomic E-state index is 11.9. The maximum Gasteiger partial charge on any atom is 0.417 e. The van der Waals surface area contributed by atoms with Gasteiger partial charge in [-0.05, 0) is 18.6 Å². The van der Waals surface area contributed by atoms with Gasteiger partial charge in [-0.25, -0.2) is 4.79 Å². The number of nitrogens with zero attached hydrogens (tertiary/aromatic N) is 2. The summed E-state index contributed by atoms with van der Waals surface area (Å²) in [5.41, 5.74) is 2.30. The van der Waals surface area contributed by atoms with Crippen LogP contribution in [0.2, 0.25) is 0 Å². The van der Waals surface area contributed by atoms with E-state index in [-0.39, 0.29) is 5.91 Å². The van der Waals surface area contributed by atoms with Crippen LogP contribution in [0, 0.1) is 0 Å². The minimum atomic E-state index is -0.433. The Kier molecular flexibility index (Phi) is 3.68. The SMILES string of the molecule is CCCC(=O)N1CCN(c2ccc3[nH]c(=O)oc3c2)CC1. The Hall–Kier alpha value is -2.24. The van der Waals surface area contributed by atoms with Crippen LogP contribution in [0.3, 0.4) is 0 Å². The molecular weight excluding hydrogens is 270 g/mol. The molecule has 1 saturated heterocycles. The normalized spacial score (nSPS) is 15.7. The smallest absolute Gasteiger partial charge is 0.408 e. The number of amides is 1. The monoisotopic (exact) mass is 289 g/mol. The van der Waals surface area contributed by atoms with Crippen molar-refractivity contribution in [3.05, 3.63) is 28.7 Å². The molecule has 0 aliphatic carbocycles. The van der Waals surface area contributed by atoms with E-state index >= 15 is 0 Å². The number of carbonyl (C=O) groups is 1. The van der Waals surface area contributed by atoms with Crippen LogP contribution in [0.25, 0.3) is 11.1 Å². The number of rotatable bonds is 3. The van der Waals surface area contributed by atoms with E-state index in [0.29, 0.717) is 17.5 Å². The largest absolute Gasteiger partial charge is 0.417 e. The predicted molar refractivity (Wildman–Crippen MR) is 80.5 cm³/mol. The van der Waals surface area contributed by atoms with Crippen molar-refractivity contribution >= 4 is 22.7 Å².